The van der Waals surface area contributed by atoms with Crippen molar-refractivity contribution in [1.29, 1.82) is 0 Å². The van der Waals surface area contributed by atoms with E-state index in [1.807, 2.05) is 0 Å². The number of urea groups is 1. The van der Waals surface area contributed by atoms with Gasteiger partial charge in [0.2, 0.25) is 0 Å². The predicted molar refractivity (Wildman–Crippen MR) is 143 cm³/mol. The number of nitrogens with zero attached hydrogens (tertiary/aromatic N) is 2. The third-order valence-electron chi connectivity index (χ3n) is 5.24. The first-order chi connectivity index (χ1) is 18.3. The molecule has 12 heteroatoms. The fourth-order valence-electron chi connectivity index (χ4n) is 3.28. The van der Waals surface area contributed by atoms with Crippen molar-refractivity contribution < 1.29 is 28.6 Å². The van der Waals surface area contributed by atoms with E-state index in [0.717, 1.165) is 19.6 Å². The standard InChI is InChI=1S/C26H28ClN5O6/c1-3-32(4-2)13-14-36-19-9-10-21(27)22(15-19)31-26(35)30-17-5-7-18(8-6-17)37-20-11-12-29-23(16-20)24(33)38-25(28)34/h5-12,15-16H,3-4,13-14H2,1-2H3,(H2,28,34)(H2,30,31,35). The summed E-state index contributed by atoms with van der Waals surface area (Å²) in [5, 5.41) is 5.81. The number of hydrogen-bond acceptors (Lipinski definition) is 8. The van der Waals surface area contributed by atoms with E-state index in [4.69, 9.17) is 26.8 Å². The number of amides is 3. The van der Waals surface area contributed by atoms with Gasteiger partial charge in [0, 0.05) is 30.6 Å². The van der Waals surface area contributed by atoms with E-state index in [9.17, 15) is 14.4 Å². The number of pyridine rings is 1. The van der Waals surface area contributed by atoms with Crippen LogP contribution in [0.5, 0.6) is 17.2 Å². The maximum atomic E-state index is 12.5. The van der Waals surface area contributed by atoms with Crippen LogP contribution < -0.4 is 25.8 Å². The molecule has 3 amide bonds. The third-order valence-corrected chi connectivity index (χ3v) is 5.57. The summed E-state index contributed by atoms with van der Waals surface area (Å²) in [6.07, 6.45) is 0.0908. The number of likely N-dealkylation sites (N-methyl/N-ethyl adjacent to an activating group) is 1. The van der Waals surface area contributed by atoms with Gasteiger partial charge in [0.25, 0.3) is 0 Å². The minimum atomic E-state index is -1.23. The van der Waals surface area contributed by atoms with Crippen LogP contribution >= 0.6 is 11.6 Å². The number of rotatable bonds is 11. The quantitative estimate of drug-likeness (QED) is 0.224. The average molecular weight is 542 g/mol. The number of esters is 1. The molecule has 0 aliphatic carbocycles. The lowest BCUT2D eigenvalue weighted by Gasteiger charge is -2.18. The van der Waals surface area contributed by atoms with Gasteiger partial charge in [-0.3, -0.25) is 0 Å². The Morgan fingerprint density at radius 1 is 0.947 bits per heavy atom. The van der Waals surface area contributed by atoms with Crippen LogP contribution in [0.3, 0.4) is 0 Å². The van der Waals surface area contributed by atoms with Crippen molar-refractivity contribution in [2.75, 3.05) is 36.9 Å². The van der Waals surface area contributed by atoms with E-state index in [1.54, 1.807) is 42.5 Å². The third kappa shape index (κ3) is 8.64. The zero-order chi connectivity index (χ0) is 27.5. The molecule has 3 aromatic rings. The summed E-state index contributed by atoms with van der Waals surface area (Å²) in [6, 6.07) is 13.9. The van der Waals surface area contributed by atoms with Crippen molar-refractivity contribution in [3.05, 3.63) is 71.5 Å². The number of ether oxygens (including phenoxy) is 3. The molecule has 200 valence electrons. The van der Waals surface area contributed by atoms with Crippen molar-refractivity contribution in [3.8, 4) is 17.2 Å². The normalized spacial score (nSPS) is 10.5. The minimum Gasteiger partial charge on any atom is -0.492 e. The van der Waals surface area contributed by atoms with Crippen molar-refractivity contribution >= 4 is 41.1 Å². The summed E-state index contributed by atoms with van der Waals surface area (Å²) in [7, 11) is 0. The van der Waals surface area contributed by atoms with Crippen molar-refractivity contribution in [3.63, 3.8) is 0 Å². The van der Waals surface area contributed by atoms with Crippen LogP contribution in [0, 0.1) is 0 Å². The fourth-order valence-corrected chi connectivity index (χ4v) is 3.44. The summed E-state index contributed by atoms with van der Waals surface area (Å²) in [5.74, 6) is 0.309. The van der Waals surface area contributed by atoms with E-state index >= 15 is 0 Å². The number of aromatic nitrogens is 1. The van der Waals surface area contributed by atoms with Crippen LogP contribution in [0.4, 0.5) is 21.0 Å². The number of anilines is 2. The molecule has 0 atom stereocenters. The van der Waals surface area contributed by atoms with E-state index < -0.39 is 18.1 Å². The number of carbonyl (C=O) groups excluding carboxylic acids is 3. The fraction of sp³-hybridized carbons (Fsp3) is 0.231. The maximum Gasteiger partial charge on any atom is 0.412 e. The van der Waals surface area contributed by atoms with Crippen LogP contribution in [0.1, 0.15) is 24.3 Å². The van der Waals surface area contributed by atoms with Gasteiger partial charge in [-0.05, 0) is 55.6 Å². The first-order valence-corrected chi connectivity index (χ1v) is 12.1. The van der Waals surface area contributed by atoms with Gasteiger partial charge >= 0.3 is 18.1 Å². The second kappa shape index (κ2) is 13.8. The maximum absolute atomic E-state index is 12.5. The van der Waals surface area contributed by atoms with Crippen LogP contribution in [0.15, 0.2) is 60.8 Å². The SMILES string of the molecule is CCN(CC)CCOc1ccc(Cl)c(NC(=O)Nc2ccc(Oc3ccnc(C(=O)OC(N)=O)c3)cc2)c1. The Morgan fingerprint density at radius 2 is 1.66 bits per heavy atom. The predicted octanol–water partition coefficient (Wildman–Crippen LogP) is 5.13. The van der Waals surface area contributed by atoms with Crippen molar-refractivity contribution in [1.82, 2.24) is 9.88 Å². The molecule has 0 spiro atoms. The molecule has 0 aliphatic heterocycles. The lowest BCUT2D eigenvalue weighted by molar-refractivity contribution is 0.0631. The molecule has 3 rings (SSSR count). The lowest BCUT2D eigenvalue weighted by Crippen LogP contribution is -2.27. The summed E-state index contributed by atoms with van der Waals surface area (Å²) >= 11 is 6.25. The van der Waals surface area contributed by atoms with E-state index in [0.29, 0.717) is 34.5 Å². The molecule has 0 saturated carbocycles. The highest BCUT2D eigenvalue weighted by molar-refractivity contribution is 6.33. The summed E-state index contributed by atoms with van der Waals surface area (Å²) < 4.78 is 15.8. The molecule has 4 N–H and O–H groups in total. The van der Waals surface area contributed by atoms with Gasteiger partial charge in [0.1, 0.15) is 23.9 Å². The van der Waals surface area contributed by atoms with E-state index in [1.165, 1.54) is 18.3 Å². The highest BCUT2D eigenvalue weighted by atomic mass is 35.5. The molecule has 0 radical (unpaired) electrons. The molecule has 0 saturated heterocycles. The topological polar surface area (TPSA) is 145 Å². The van der Waals surface area contributed by atoms with E-state index in [2.05, 4.69) is 39.1 Å². The van der Waals surface area contributed by atoms with Crippen LogP contribution in [0.25, 0.3) is 0 Å². The molecular weight excluding hydrogens is 514 g/mol. The van der Waals surface area contributed by atoms with Crippen molar-refractivity contribution in [2.24, 2.45) is 5.73 Å². The molecular formula is C26H28ClN5O6. The average Bonchev–Trinajstić information content (AvgIpc) is 2.89. The Balaban J connectivity index is 1.55. The number of carbonyl (C=O) groups is 3. The van der Waals surface area contributed by atoms with Crippen molar-refractivity contribution in [2.45, 2.75) is 13.8 Å². The monoisotopic (exact) mass is 541 g/mol. The molecule has 2 aromatic carbocycles. The van der Waals surface area contributed by atoms with Gasteiger partial charge in [0.15, 0.2) is 5.69 Å². The second-order valence-electron chi connectivity index (χ2n) is 7.81. The first-order valence-electron chi connectivity index (χ1n) is 11.8. The lowest BCUT2D eigenvalue weighted by atomic mass is 10.3. The highest BCUT2D eigenvalue weighted by Crippen LogP contribution is 2.28. The Kier molecular flexibility index (Phi) is 10.3. The largest absolute Gasteiger partial charge is 0.492 e. The molecule has 38 heavy (non-hydrogen) atoms. The smallest absolute Gasteiger partial charge is 0.412 e. The number of nitrogens with two attached hydrogens (primary N) is 1. The molecule has 11 nitrogen and oxygen atoms in total. The second-order valence-corrected chi connectivity index (χ2v) is 8.22. The van der Waals surface area contributed by atoms with Crippen LogP contribution in [0.2, 0.25) is 5.02 Å². The van der Waals surface area contributed by atoms with E-state index in [-0.39, 0.29) is 11.4 Å². The Bertz CT molecular complexity index is 1270. The van der Waals surface area contributed by atoms with Gasteiger partial charge in [-0.2, -0.15) is 0 Å². The molecule has 1 heterocycles. The molecule has 1 aromatic heterocycles. The zero-order valence-electron chi connectivity index (χ0n) is 20.9. The Labute approximate surface area is 224 Å². The molecule has 0 bridgehead atoms. The Morgan fingerprint density at radius 3 is 2.34 bits per heavy atom. The number of primary amides is 1. The van der Waals surface area contributed by atoms with Gasteiger partial charge in [-0.15, -0.1) is 0 Å². The highest BCUT2D eigenvalue weighted by Gasteiger charge is 2.13. The van der Waals surface area contributed by atoms with Gasteiger partial charge < -0.3 is 35.5 Å². The Hall–Kier alpha value is -4.35. The van der Waals surface area contributed by atoms with Crippen LogP contribution in [-0.4, -0.2) is 54.2 Å². The molecule has 0 aliphatic rings. The number of hydrogen-bond donors (Lipinski definition) is 3. The number of nitrogens with one attached hydrogen (secondary N) is 2. The number of halogens is 1. The zero-order valence-corrected chi connectivity index (χ0v) is 21.7. The first kappa shape index (κ1) is 28.2. The molecule has 0 unspecified atom stereocenters. The number of benzene rings is 2. The summed E-state index contributed by atoms with van der Waals surface area (Å²) in [6.45, 7) is 7.39. The van der Waals surface area contributed by atoms with Crippen LogP contribution in [-0.2, 0) is 4.74 Å². The summed E-state index contributed by atoms with van der Waals surface area (Å²) in [4.78, 5) is 41.1. The minimum absolute atomic E-state index is 0.145. The van der Waals surface area contributed by atoms with Gasteiger partial charge in [-0.25, -0.2) is 19.4 Å². The summed E-state index contributed by atoms with van der Waals surface area (Å²) in [5.41, 5.74) is 5.61. The van der Waals surface area contributed by atoms with Gasteiger partial charge in [0.05, 0.1) is 10.7 Å². The van der Waals surface area contributed by atoms with Gasteiger partial charge in [-0.1, -0.05) is 25.4 Å². The molecule has 0 fully saturated rings.